The second-order valence-corrected chi connectivity index (χ2v) is 7.38. The average Bonchev–Trinajstić information content (AvgIpc) is 3.04. The van der Waals surface area contributed by atoms with Crippen molar-refractivity contribution in [3.05, 3.63) is 0 Å². The summed E-state index contributed by atoms with van der Waals surface area (Å²) < 4.78 is 5.36. The third kappa shape index (κ3) is 12.5. The van der Waals surface area contributed by atoms with E-state index in [2.05, 4.69) is 6.92 Å². The minimum Gasteiger partial charge on any atom is -0.382 e. The number of hydrogen-bond acceptors (Lipinski definition) is 1. The molecule has 0 spiro atoms. The van der Waals surface area contributed by atoms with E-state index in [0.717, 1.165) is 19.1 Å². The lowest BCUT2D eigenvalue weighted by atomic mass is 9.99. The van der Waals surface area contributed by atoms with Gasteiger partial charge in [-0.15, -0.1) is 0 Å². The molecule has 0 heterocycles. The fourth-order valence-corrected chi connectivity index (χ4v) is 3.85. The van der Waals surface area contributed by atoms with E-state index in [1.807, 2.05) is 0 Å². The highest BCUT2D eigenvalue weighted by atomic mass is 16.5. The van der Waals surface area contributed by atoms with E-state index in [1.165, 1.54) is 109 Å². The van der Waals surface area contributed by atoms with Crippen molar-refractivity contribution >= 4 is 0 Å². The van der Waals surface area contributed by atoms with Crippen molar-refractivity contribution in [2.24, 2.45) is 5.92 Å². The summed E-state index contributed by atoms with van der Waals surface area (Å²) in [6.45, 7) is 3.92. The molecule has 132 valence electrons. The maximum atomic E-state index is 5.36. The van der Waals surface area contributed by atoms with E-state index < -0.39 is 0 Å². The SMILES string of the molecule is CCOCCCCCCCCCCCCCCC1CCCC1. The van der Waals surface area contributed by atoms with Crippen molar-refractivity contribution in [2.45, 2.75) is 116 Å². The van der Waals surface area contributed by atoms with Crippen molar-refractivity contribution in [2.75, 3.05) is 13.2 Å². The van der Waals surface area contributed by atoms with Crippen LogP contribution in [0.3, 0.4) is 0 Å². The maximum Gasteiger partial charge on any atom is 0.0465 e. The fourth-order valence-electron chi connectivity index (χ4n) is 3.85. The van der Waals surface area contributed by atoms with Crippen LogP contribution in [0.1, 0.15) is 116 Å². The molecule has 0 bridgehead atoms. The van der Waals surface area contributed by atoms with Gasteiger partial charge in [-0.1, -0.05) is 103 Å². The maximum absolute atomic E-state index is 5.36. The number of hydrogen-bond donors (Lipinski definition) is 0. The van der Waals surface area contributed by atoms with Crippen molar-refractivity contribution in [3.63, 3.8) is 0 Å². The normalized spacial score (nSPS) is 15.7. The molecule has 0 unspecified atom stereocenters. The summed E-state index contributed by atoms with van der Waals surface area (Å²) in [5.74, 6) is 1.11. The Balaban J connectivity index is 1.64. The third-order valence-electron chi connectivity index (χ3n) is 5.33. The van der Waals surface area contributed by atoms with Crippen LogP contribution in [0.25, 0.3) is 0 Å². The van der Waals surface area contributed by atoms with Gasteiger partial charge < -0.3 is 4.74 Å². The van der Waals surface area contributed by atoms with Gasteiger partial charge in [0.15, 0.2) is 0 Å². The Labute approximate surface area is 140 Å². The van der Waals surface area contributed by atoms with Gasteiger partial charge in [-0.05, 0) is 19.3 Å². The molecule has 1 rings (SSSR count). The highest BCUT2D eigenvalue weighted by Crippen LogP contribution is 2.29. The summed E-state index contributed by atoms with van der Waals surface area (Å²) >= 11 is 0. The van der Waals surface area contributed by atoms with Crippen LogP contribution in [0.5, 0.6) is 0 Å². The number of rotatable bonds is 16. The Morgan fingerprint density at radius 2 is 1.09 bits per heavy atom. The average molecular weight is 311 g/mol. The molecule has 0 atom stereocenters. The molecule has 1 aliphatic rings. The molecular weight excluding hydrogens is 268 g/mol. The largest absolute Gasteiger partial charge is 0.382 e. The van der Waals surface area contributed by atoms with Crippen LogP contribution in [0.4, 0.5) is 0 Å². The Bertz CT molecular complexity index is 208. The predicted molar refractivity (Wildman–Crippen MR) is 98.5 cm³/mol. The van der Waals surface area contributed by atoms with Crippen LogP contribution in [0, 0.1) is 5.92 Å². The van der Waals surface area contributed by atoms with Crippen LogP contribution in [0.15, 0.2) is 0 Å². The first-order valence-corrected chi connectivity index (χ1v) is 10.5. The first kappa shape index (κ1) is 20.0. The lowest BCUT2D eigenvalue weighted by Gasteiger charge is -2.08. The van der Waals surface area contributed by atoms with Gasteiger partial charge in [0.25, 0.3) is 0 Å². The molecule has 0 N–H and O–H groups in total. The summed E-state index contributed by atoms with van der Waals surface area (Å²) in [7, 11) is 0. The molecule has 1 nitrogen and oxygen atoms in total. The van der Waals surface area contributed by atoms with Gasteiger partial charge >= 0.3 is 0 Å². The first-order valence-electron chi connectivity index (χ1n) is 10.5. The molecule has 1 heteroatoms. The van der Waals surface area contributed by atoms with Crippen LogP contribution in [0.2, 0.25) is 0 Å². The van der Waals surface area contributed by atoms with E-state index in [0.29, 0.717) is 0 Å². The molecule has 0 radical (unpaired) electrons. The van der Waals surface area contributed by atoms with E-state index in [9.17, 15) is 0 Å². The van der Waals surface area contributed by atoms with Crippen molar-refractivity contribution in [1.82, 2.24) is 0 Å². The van der Waals surface area contributed by atoms with Gasteiger partial charge in [-0.3, -0.25) is 0 Å². The summed E-state index contributed by atoms with van der Waals surface area (Å²) in [5, 5.41) is 0. The van der Waals surface area contributed by atoms with Gasteiger partial charge in [0.05, 0.1) is 0 Å². The first-order chi connectivity index (χ1) is 10.9. The third-order valence-corrected chi connectivity index (χ3v) is 5.33. The van der Waals surface area contributed by atoms with Crippen molar-refractivity contribution in [1.29, 1.82) is 0 Å². The molecule has 0 aromatic carbocycles. The molecular formula is C21H42O. The van der Waals surface area contributed by atoms with E-state index >= 15 is 0 Å². The minimum atomic E-state index is 0.876. The monoisotopic (exact) mass is 310 g/mol. The highest BCUT2D eigenvalue weighted by Gasteiger charge is 2.13. The van der Waals surface area contributed by atoms with Gasteiger partial charge in [0.2, 0.25) is 0 Å². The molecule has 0 aliphatic heterocycles. The highest BCUT2D eigenvalue weighted by molar-refractivity contribution is 4.67. The second-order valence-electron chi connectivity index (χ2n) is 7.38. The van der Waals surface area contributed by atoms with Crippen LogP contribution < -0.4 is 0 Å². The molecule has 0 amide bonds. The molecule has 0 aromatic heterocycles. The Hall–Kier alpha value is -0.0400. The Morgan fingerprint density at radius 3 is 1.59 bits per heavy atom. The Morgan fingerprint density at radius 1 is 0.636 bits per heavy atom. The standard InChI is InChI=1S/C21H42O/c1-2-22-20-16-12-10-8-6-4-3-5-7-9-11-13-17-21-18-14-15-19-21/h21H,2-20H2,1H3. The van der Waals surface area contributed by atoms with E-state index in [4.69, 9.17) is 4.74 Å². The van der Waals surface area contributed by atoms with Gasteiger partial charge in [0, 0.05) is 13.2 Å². The zero-order chi connectivity index (χ0) is 15.7. The van der Waals surface area contributed by atoms with Crippen LogP contribution in [-0.2, 0) is 4.74 Å². The summed E-state index contributed by atoms with van der Waals surface area (Å²) in [6.07, 6.45) is 24.9. The van der Waals surface area contributed by atoms with E-state index in [1.54, 1.807) is 0 Å². The van der Waals surface area contributed by atoms with Crippen LogP contribution in [-0.4, -0.2) is 13.2 Å². The smallest absolute Gasteiger partial charge is 0.0465 e. The molecule has 1 aliphatic carbocycles. The van der Waals surface area contributed by atoms with Gasteiger partial charge in [-0.2, -0.15) is 0 Å². The molecule has 22 heavy (non-hydrogen) atoms. The molecule has 1 fully saturated rings. The Kier molecular flexibility index (Phi) is 14.4. The van der Waals surface area contributed by atoms with E-state index in [-0.39, 0.29) is 0 Å². The molecule has 0 aromatic rings. The second kappa shape index (κ2) is 15.8. The number of ether oxygens (including phenoxy) is 1. The number of unbranched alkanes of at least 4 members (excludes halogenated alkanes) is 11. The van der Waals surface area contributed by atoms with Gasteiger partial charge in [-0.25, -0.2) is 0 Å². The summed E-state index contributed by atoms with van der Waals surface area (Å²) in [5.41, 5.74) is 0. The van der Waals surface area contributed by atoms with Gasteiger partial charge in [0.1, 0.15) is 0 Å². The lowest BCUT2D eigenvalue weighted by Crippen LogP contribution is -1.93. The molecule has 0 saturated heterocycles. The topological polar surface area (TPSA) is 9.23 Å². The zero-order valence-corrected chi connectivity index (χ0v) is 15.4. The quantitative estimate of drug-likeness (QED) is 0.272. The fraction of sp³-hybridized carbons (Fsp3) is 1.00. The molecule has 1 saturated carbocycles. The minimum absolute atomic E-state index is 0.876. The predicted octanol–water partition coefficient (Wildman–Crippen LogP) is 7.28. The summed E-state index contributed by atoms with van der Waals surface area (Å²) in [6, 6.07) is 0. The van der Waals surface area contributed by atoms with Crippen molar-refractivity contribution < 1.29 is 4.74 Å². The van der Waals surface area contributed by atoms with Crippen molar-refractivity contribution in [3.8, 4) is 0 Å². The summed E-state index contributed by atoms with van der Waals surface area (Å²) in [4.78, 5) is 0. The van der Waals surface area contributed by atoms with Crippen LogP contribution >= 0.6 is 0 Å². The lowest BCUT2D eigenvalue weighted by molar-refractivity contribution is 0.143. The zero-order valence-electron chi connectivity index (χ0n) is 15.4.